The van der Waals surface area contributed by atoms with Crippen molar-refractivity contribution in [1.29, 1.82) is 0 Å². The highest BCUT2D eigenvalue weighted by Crippen LogP contribution is 2.22. The van der Waals surface area contributed by atoms with E-state index in [1.807, 2.05) is 29.5 Å². The van der Waals surface area contributed by atoms with Crippen LogP contribution < -0.4 is 0 Å². The summed E-state index contributed by atoms with van der Waals surface area (Å²) >= 11 is 2.77. The number of Topliss-reactive ketones (excluding diaryl/α,β-unsaturated/α-hetero) is 1. The van der Waals surface area contributed by atoms with E-state index in [0.717, 1.165) is 15.9 Å². The van der Waals surface area contributed by atoms with Gasteiger partial charge >= 0.3 is 0 Å². The highest BCUT2D eigenvalue weighted by molar-refractivity contribution is 7.99. The summed E-state index contributed by atoms with van der Waals surface area (Å²) in [5.74, 6) is 1.26. The van der Waals surface area contributed by atoms with Crippen molar-refractivity contribution < 1.29 is 14.3 Å². The molecule has 1 fully saturated rings. The largest absolute Gasteiger partial charge is 0.378 e. The van der Waals surface area contributed by atoms with E-state index in [9.17, 15) is 9.59 Å². The SMILES string of the molecule is Cc1nnc(SCC(=O)c2ccc(CC(=O)N3CCOCC3)s2)n1C. The molecule has 9 heteroatoms. The third kappa shape index (κ3) is 4.47. The molecule has 0 N–H and O–H groups in total. The molecule has 2 aromatic heterocycles. The number of hydrogen-bond donors (Lipinski definition) is 0. The van der Waals surface area contributed by atoms with Gasteiger partial charge in [0.15, 0.2) is 10.9 Å². The van der Waals surface area contributed by atoms with Crippen molar-refractivity contribution in [3.63, 3.8) is 0 Å². The summed E-state index contributed by atoms with van der Waals surface area (Å²) in [4.78, 5) is 28.0. The predicted octanol–water partition coefficient (Wildman–Crippen LogP) is 1.56. The zero-order valence-electron chi connectivity index (χ0n) is 14.2. The molecule has 25 heavy (non-hydrogen) atoms. The second-order valence-corrected chi connectivity index (χ2v) is 7.85. The van der Waals surface area contributed by atoms with Gasteiger partial charge in [-0.25, -0.2) is 0 Å². The van der Waals surface area contributed by atoms with Crippen LogP contribution in [0.5, 0.6) is 0 Å². The van der Waals surface area contributed by atoms with Gasteiger partial charge in [0.05, 0.1) is 30.3 Å². The zero-order chi connectivity index (χ0) is 17.8. The van der Waals surface area contributed by atoms with E-state index in [1.165, 1.54) is 23.1 Å². The Hall–Kier alpha value is -1.71. The first kappa shape index (κ1) is 18.1. The molecule has 1 aliphatic rings. The van der Waals surface area contributed by atoms with Crippen molar-refractivity contribution >= 4 is 34.8 Å². The Kier molecular flexibility index (Phi) is 5.87. The second-order valence-electron chi connectivity index (χ2n) is 5.74. The number of rotatable bonds is 6. The fourth-order valence-corrected chi connectivity index (χ4v) is 4.28. The van der Waals surface area contributed by atoms with Crippen molar-refractivity contribution in [3.05, 3.63) is 27.7 Å². The van der Waals surface area contributed by atoms with Crippen molar-refractivity contribution in [3.8, 4) is 0 Å². The molecule has 0 saturated carbocycles. The fourth-order valence-electron chi connectivity index (χ4n) is 2.41. The molecule has 0 aromatic carbocycles. The summed E-state index contributed by atoms with van der Waals surface area (Å²) < 4.78 is 7.12. The highest BCUT2D eigenvalue weighted by atomic mass is 32.2. The van der Waals surface area contributed by atoms with Gasteiger partial charge in [0.25, 0.3) is 0 Å². The molecule has 1 aliphatic heterocycles. The lowest BCUT2D eigenvalue weighted by Gasteiger charge is -2.26. The summed E-state index contributed by atoms with van der Waals surface area (Å²) in [6, 6.07) is 3.67. The minimum Gasteiger partial charge on any atom is -0.378 e. The number of carbonyl (C=O) groups excluding carboxylic acids is 2. The highest BCUT2D eigenvalue weighted by Gasteiger charge is 2.19. The van der Waals surface area contributed by atoms with Crippen molar-refractivity contribution in [2.45, 2.75) is 18.5 Å². The lowest BCUT2D eigenvalue weighted by Crippen LogP contribution is -2.41. The van der Waals surface area contributed by atoms with E-state index in [-0.39, 0.29) is 11.7 Å². The van der Waals surface area contributed by atoms with E-state index in [4.69, 9.17) is 4.74 Å². The number of carbonyl (C=O) groups is 2. The number of amides is 1. The van der Waals surface area contributed by atoms with Gasteiger partial charge in [-0.15, -0.1) is 21.5 Å². The van der Waals surface area contributed by atoms with E-state index in [2.05, 4.69) is 10.2 Å². The van der Waals surface area contributed by atoms with E-state index >= 15 is 0 Å². The molecule has 0 aliphatic carbocycles. The average Bonchev–Trinajstić information content (AvgIpc) is 3.21. The third-order valence-electron chi connectivity index (χ3n) is 4.01. The van der Waals surface area contributed by atoms with Gasteiger partial charge in [-0.3, -0.25) is 9.59 Å². The predicted molar refractivity (Wildman–Crippen MR) is 96.2 cm³/mol. The normalized spacial score (nSPS) is 14.7. The lowest BCUT2D eigenvalue weighted by atomic mass is 10.3. The molecule has 3 rings (SSSR count). The molecule has 0 atom stereocenters. The molecule has 0 unspecified atom stereocenters. The summed E-state index contributed by atoms with van der Waals surface area (Å²) in [7, 11) is 1.88. The molecule has 3 heterocycles. The van der Waals surface area contributed by atoms with Crippen LogP contribution in [-0.2, 0) is 23.0 Å². The smallest absolute Gasteiger partial charge is 0.227 e. The molecule has 1 amide bonds. The second kappa shape index (κ2) is 8.11. The molecule has 0 radical (unpaired) electrons. The van der Waals surface area contributed by atoms with E-state index < -0.39 is 0 Å². The van der Waals surface area contributed by atoms with Crippen LogP contribution in [0.3, 0.4) is 0 Å². The molecule has 7 nitrogen and oxygen atoms in total. The number of nitrogens with zero attached hydrogens (tertiary/aromatic N) is 4. The average molecular weight is 380 g/mol. The van der Waals surface area contributed by atoms with Crippen LogP contribution >= 0.6 is 23.1 Å². The Balaban J connectivity index is 1.54. The van der Waals surface area contributed by atoms with Gasteiger partial charge < -0.3 is 14.2 Å². The van der Waals surface area contributed by atoms with Crippen molar-refractivity contribution in [2.24, 2.45) is 7.05 Å². The maximum absolute atomic E-state index is 12.4. The number of hydrogen-bond acceptors (Lipinski definition) is 7. The maximum Gasteiger partial charge on any atom is 0.227 e. The van der Waals surface area contributed by atoms with Crippen LogP contribution in [0.1, 0.15) is 20.4 Å². The van der Waals surface area contributed by atoms with E-state index in [0.29, 0.717) is 43.4 Å². The van der Waals surface area contributed by atoms with Crippen LogP contribution in [0.25, 0.3) is 0 Å². The molecular weight excluding hydrogens is 360 g/mol. The number of thioether (sulfide) groups is 1. The number of aromatic nitrogens is 3. The topological polar surface area (TPSA) is 77.3 Å². The van der Waals surface area contributed by atoms with Crippen LogP contribution in [0.2, 0.25) is 0 Å². The molecule has 2 aromatic rings. The molecule has 134 valence electrons. The Morgan fingerprint density at radius 3 is 2.72 bits per heavy atom. The Labute approximate surface area is 154 Å². The number of aryl methyl sites for hydroxylation is 1. The minimum atomic E-state index is 0.0423. The third-order valence-corrected chi connectivity index (χ3v) is 6.16. The van der Waals surface area contributed by atoms with Gasteiger partial charge in [-0.1, -0.05) is 11.8 Å². The molecule has 0 spiro atoms. The standard InChI is InChI=1S/C16H20N4O3S2/c1-11-17-18-16(19(11)2)24-10-13(21)14-4-3-12(25-14)9-15(22)20-5-7-23-8-6-20/h3-4H,5-10H2,1-2H3. The van der Waals surface area contributed by atoms with Crippen molar-refractivity contribution in [2.75, 3.05) is 32.1 Å². The molecular formula is C16H20N4O3S2. The Morgan fingerprint density at radius 2 is 2.04 bits per heavy atom. The number of morpholine rings is 1. The van der Waals surface area contributed by atoms with E-state index in [1.54, 1.807) is 6.07 Å². The summed E-state index contributed by atoms with van der Waals surface area (Å²) in [6.45, 7) is 4.35. The van der Waals surface area contributed by atoms with Gasteiger partial charge in [-0.05, 0) is 19.1 Å². The van der Waals surface area contributed by atoms with Crippen LogP contribution in [0, 0.1) is 6.92 Å². The quantitative estimate of drug-likeness (QED) is 0.559. The summed E-state index contributed by atoms with van der Waals surface area (Å²) in [5.41, 5.74) is 0. The first-order valence-electron chi connectivity index (χ1n) is 8.01. The first-order valence-corrected chi connectivity index (χ1v) is 9.81. The number of ether oxygens (including phenoxy) is 1. The van der Waals surface area contributed by atoms with Gasteiger partial charge in [-0.2, -0.15) is 0 Å². The summed E-state index contributed by atoms with van der Waals surface area (Å²) in [6.07, 6.45) is 0.341. The molecule has 0 bridgehead atoms. The Morgan fingerprint density at radius 1 is 1.28 bits per heavy atom. The first-order chi connectivity index (χ1) is 12.0. The van der Waals surface area contributed by atoms with Crippen LogP contribution in [-0.4, -0.2) is 63.4 Å². The number of ketones is 1. The lowest BCUT2D eigenvalue weighted by molar-refractivity contribution is -0.134. The minimum absolute atomic E-state index is 0.0423. The fraction of sp³-hybridized carbons (Fsp3) is 0.500. The monoisotopic (exact) mass is 380 g/mol. The Bertz CT molecular complexity index is 765. The van der Waals surface area contributed by atoms with Crippen molar-refractivity contribution in [1.82, 2.24) is 19.7 Å². The van der Waals surface area contributed by atoms with Crippen LogP contribution in [0.15, 0.2) is 17.3 Å². The van der Waals surface area contributed by atoms with Gasteiger partial charge in [0.2, 0.25) is 5.91 Å². The number of thiophene rings is 1. The van der Waals surface area contributed by atoms with Gasteiger partial charge in [0.1, 0.15) is 5.82 Å². The van der Waals surface area contributed by atoms with Crippen LogP contribution in [0.4, 0.5) is 0 Å². The summed E-state index contributed by atoms with van der Waals surface area (Å²) in [5, 5.41) is 8.75. The van der Waals surface area contributed by atoms with Gasteiger partial charge in [0, 0.05) is 25.0 Å². The maximum atomic E-state index is 12.4. The molecule has 1 saturated heterocycles. The zero-order valence-corrected chi connectivity index (χ0v) is 15.9.